The van der Waals surface area contributed by atoms with Crippen molar-refractivity contribution in [3.63, 3.8) is 0 Å². The summed E-state index contributed by atoms with van der Waals surface area (Å²) in [6.07, 6.45) is 3.53. The normalized spacial score (nSPS) is 10.1. The molecule has 2 aromatic heterocycles. The van der Waals surface area contributed by atoms with Crippen molar-refractivity contribution in [1.82, 2.24) is 15.0 Å². The topological polar surface area (TPSA) is 38.7 Å². The molecule has 0 atom stereocenters. The van der Waals surface area contributed by atoms with E-state index in [9.17, 15) is 0 Å². The Kier molecular flexibility index (Phi) is 4.17. The van der Waals surface area contributed by atoms with Crippen molar-refractivity contribution in [1.29, 1.82) is 0 Å². The zero-order valence-corrected chi connectivity index (χ0v) is 12.7. The molecular formula is C17H12BrN3. The summed E-state index contributed by atoms with van der Waals surface area (Å²) in [5.74, 6) is 0.663. The maximum Gasteiger partial charge on any atom is 0.163 e. The molecule has 0 unspecified atom stereocenters. The largest absolute Gasteiger partial charge is 0.236 e. The molecule has 21 heavy (non-hydrogen) atoms. The van der Waals surface area contributed by atoms with Crippen LogP contribution in [0.1, 0.15) is 0 Å². The van der Waals surface area contributed by atoms with E-state index in [4.69, 9.17) is 0 Å². The molecule has 0 N–H and O–H groups in total. The van der Waals surface area contributed by atoms with E-state index in [0.717, 1.165) is 15.4 Å². The number of nitrogens with zero attached hydrogens (tertiary/aromatic N) is 3. The Hall–Kier alpha value is -2.33. The number of pyridine rings is 1. The van der Waals surface area contributed by atoms with Crippen molar-refractivity contribution in [3.8, 4) is 11.4 Å². The molecule has 0 amide bonds. The van der Waals surface area contributed by atoms with Crippen molar-refractivity contribution >= 4 is 27.0 Å². The third kappa shape index (κ3) is 3.41. The van der Waals surface area contributed by atoms with Gasteiger partial charge in [0.1, 0.15) is 0 Å². The highest BCUT2D eigenvalue weighted by atomic mass is 79.9. The van der Waals surface area contributed by atoms with E-state index in [0.29, 0.717) is 11.5 Å². The molecule has 0 aliphatic heterocycles. The van der Waals surface area contributed by atoms with Gasteiger partial charge in [0.15, 0.2) is 11.5 Å². The molecule has 2 heterocycles. The van der Waals surface area contributed by atoms with E-state index < -0.39 is 0 Å². The first-order valence-corrected chi connectivity index (χ1v) is 7.29. The number of aromatic nitrogens is 3. The lowest BCUT2D eigenvalue weighted by molar-refractivity contribution is 1.18. The first-order chi connectivity index (χ1) is 10.3. The summed E-state index contributed by atoms with van der Waals surface area (Å²) in [5, 5.41) is 0.913. The van der Waals surface area contributed by atoms with Crippen molar-refractivity contribution in [2.24, 2.45) is 0 Å². The standard InChI is InChI=1S/C17H12BrN3/c18-15-10-14-11-19-16(21-17(14)20-12-15)13-8-6-4-2-1-3-5-7-9-13/h1-12H. The summed E-state index contributed by atoms with van der Waals surface area (Å²) < 4.78 is 0.920. The lowest BCUT2D eigenvalue weighted by Crippen LogP contribution is -1.91. The van der Waals surface area contributed by atoms with Crippen LogP contribution in [0.25, 0.3) is 22.4 Å². The van der Waals surface area contributed by atoms with Gasteiger partial charge in [-0.05, 0) is 22.0 Å². The lowest BCUT2D eigenvalue weighted by Gasteiger charge is -2.01. The van der Waals surface area contributed by atoms with Gasteiger partial charge < -0.3 is 0 Å². The molecule has 0 bridgehead atoms. The third-order valence-corrected chi connectivity index (χ3v) is 3.31. The molecule has 0 aliphatic rings. The Morgan fingerprint density at radius 2 is 1.43 bits per heavy atom. The van der Waals surface area contributed by atoms with Crippen LogP contribution < -0.4 is 0 Å². The maximum absolute atomic E-state index is 4.53. The second-order valence-electron chi connectivity index (χ2n) is 4.40. The second-order valence-corrected chi connectivity index (χ2v) is 5.31. The van der Waals surface area contributed by atoms with Crippen molar-refractivity contribution in [2.75, 3.05) is 0 Å². The number of fused-ring (bicyclic) bond motifs is 1. The van der Waals surface area contributed by atoms with Crippen LogP contribution in [0, 0.1) is 0 Å². The Balaban J connectivity index is 2.14. The van der Waals surface area contributed by atoms with Gasteiger partial charge in [0.05, 0.1) is 0 Å². The van der Waals surface area contributed by atoms with Crippen molar-refractivity contribution in [2.45, 2.75) is 0 Å². The summed E-state index contributed by atoms with van der Waals surface area (Å²) in [5.41, 5.74) is 1.63. The Bertz CT molecular complexity index is 807. The van der Waals surface area contributed by atoms with Crippen molar-refractivity contribution < 1.29 is 0 Å². The summed E-state index contributed by atoms with van der Waals surface area (Å²) >= 11 is 3.40. The Morgan fingerprint density at radius 3 is 2.14 bits per heavy atom. The van der Waals surface area contributed by atoms with E-state index in [1.165, 1.54) is 0 Å². The van der Waals surface area contributed by atoms with Crippen LogP contribution in [0.4, 0.5) is 0 Å². The fraction of sp³-hybridized carbons (Fsp3) is 0. The molecule has 4 heteroatoms. The van der Waals surface area contributed by atoms with Gasteiger partial charge in [-0.1, -0.05) is 54.6 Å². The van der Waals surface area contributed by atoms with Gasteiger partial charge in [0.25, 0.3) is 0 Å². The molecule has 3 aromatic rings. The van der Waals surface area contributed by atoms with E-state index in [1.807, 2.05) is 60.7 Å². The molecule has 0 radical (unpaired) electrons. The number of halogens is 1. The van der Waals surface area contributed by atoms with E-state index in [-0.39, 0.29) is 0 Å². The minimum Gasteiger partial charge on any atom is -0.236 e. The van der Waals surface area contributed by atoms with Gasteiger partial charge >= 0.3 is 0 Å². The predicted molar refractivity (Wildman–Crippen MR) is 88.1 cm³/mol. The Morgan fingerprint density at radius 1 is 0.762 bits per heavy atom. The van der Waals surface area contributed by atoms with Crippen molar-refractivity contribution in [3.05, 3.63) is 77.5 Å². The molecule has 0 saturated carbocycles. The van der Waals surface area contributed by atoms with Gasteiger partial charge in [0.2, 0.25) is 0 Å². The van der Waals surface area contributed by atoms with Crippen LogP contribution >= 0.6 is 15.9 Å². The van der Waals surface area contributed by atoms with Gasteiger partial charge in [-0.3, -0.25) is 0 Å². The van der Waals surface area contributed by atoms with Gasteiger partial charge in [-0.15, -0.1) is 0 Å². The highest BCUT2D eigenvalue weighted by molar-refractivity contribution is 9.10. The molecule has 102 valence electrons. The van der Waals surface area contributed by atoms with Crippen LogP contribution in [0.15, 0.2) is 77.5 Å². The summed E-state index contributed by atoms with van der Waals surface area (Å²) in [7, 11) is 0. The molecule has 0 saturated heterocycles. The molecule has 0 spiro atoms. The Labute approximate surface area is 131 Å². The maximum atomic E-state index is 4.53. The zero-order valence-electron chi connectivity index (χ0n) is 11.1. The van der Waals surface area contributed by atoms with Crippen LogP contribution in [0.2, 0.25) is 0 Å². The quantitative estimate of drug-likeness (QED) is 0.652. The average molecular weight is 338 g/mol. The fourth-order valence-electron chi connectivity index (χ4n) is 1.88. The van der Waals surface area contributed by atoms with Gasteiger partial charge in [-0.25, -0.2) is 15.0 Å². The van der Waals surface area contributed by atoms with Gasteiger partial charge in [0, 0.05) is 27.8 Å². The number of hydrogen-bond acceptors (Lipinski definition) is 3. The first-order valence-electron chi connectivity index (χ1n) is 6.50. The number of hydrogen-bond donors (Lipinski definition) is 0. The lowest BCUT2D eigenvalue weighted by atomic mass is 10.2. The summed E-state index contributed by atoms with van der Waals surface area (Å²) in [6, 6.07) is 19.7. The molecule has 3 rings (SSSR count). The first kappa shape index (κ1) is 13.6. The highest BCUT2D eigenvalue weighted by Gasteiger charge is 2.03. The molecular weight excluding hydrogens is 326 g/mol. The molecule has 0 aliphatic carbocycles. The monoisotopic (exact) mass is 337 g/mol. The molecule has 3 nitrogen and oxygen atoms in total. The summed E-state index contributed by atoms with van der Waals surface area (Å²) in [6.45, 7) is 0. The SMILES string of the molecule is Brc1cnc2nc(-c3ccccccccc3)ncc2c1. The molecule has 0 fully saturated rings. The van der Waals surface area contributed by atoms with Crippen LogP contribution in [-0.4, -0.2) is 15.0 Å². The van der Waals surface area contributed by atoms with Gasteiger partial charge in [-0.2, -0.15) is 0 Å². The highest BCUT2D eigenvalue weighted by Crippen LogP contribution is 2.18. The zero-order chi connectivity index (χ0) is 14.5. The second kappa shape index (κ2) is 6.41. The number of rotatable bonds is 1. The van der Waals surface area contributed by atoms with Crippen LogP contribution in [-0.2, 0) is 0 Å². The average Bonchev–Trinajstić information content (AvgIpc) is 2.52. The minimum atomic E-state index is 0.663. The predicted octanol–water partition coefficient (Wildman–Crippen LogP) is 4.58. The van der Waals surface area contributed by atoms with E-state index >= 15 is 0 Å². The smallest absolute Gasteiger partial charge is 0.163 e. The third-order valence-electron chi connectivity index (χ3n) is 2.88. The molecule has 1 aromatic carbocycles. The fourth-order valence-corrected chi connectivity index (χ4v) is 2.23. The van der Waals surface area contributed by atoms with E-state index in [1.54, 1.807) is 12.4 Å². The minimum absolute atomic E-state index is 0.663. The van der Waals surface area contributed by atoms with E-state index in [2.05, 4.69) is 30.9 Å². The van der Waals surface area contributed by atoms with Crippen LogP contribution in [0.3, 0.4) is 0 Å². The van der Waals surface area contributed by atoms with Crippen LogP contribution in [0.5, 0.6) is 0 Å². The summed E-state index contributed by atoms with van der Waals surface area (Å²) in [4.78, 5) is 13.3.